The van der Waals surface area contributed by atoms with E-state index < -0.39 is 31.8 Å². The molecule has 30 heavy (non-hydrogen) atoms. The van der Waals surface area contributed by atoms with E-state index >= 15 is 0 Å². The molecule has 1 saturated carbocycles. The summed E-state index contributed by atoms with van der Waals surface area (Å²) < 4.78 is 44.2. The molecule has 1 amide bonds. The standard InChI is InChI=1S/C20H21FN4O4S/c1-19(11-30(27,28)20(7-8-20)18(22)25-19)14-9-12(3-5-15(14)21)24-17(26)16-6-4-13(29-2)10-23-16/h3-6,9-10H,7-8,11H2,1-2H3,(H2,22,25)(H,24,26)/t19-/m0/s1. The van der Waals surface area contributed by atoms with Gasteiger partial charge in [0.25, 0.3) is 5.91 Å². The van der Waals surface area contributed by atoms with Gasteiger partial charge in [-0.05, 0) is 50.1 Å². The number of nitrogens with one attached hydrogen (secondary N) is 1. The van der Waals surface area contributed by atoms with Crippen molar-refractivity contribution in [1.29, 1.82) is 0 Å². The quantitative estimate of drug-likeness (QED) is 0.762. The molecule has 1 atom stereocenters. The van der Waals surface area contributed by atoms with Crippen molar-refractivity contribution in [1.82, 2.24) is 4.98 Å². The van der Waals surface area contributed by atoms with Crippen LogP contribution in [-0.2, 0) is 15.4 Å². The average Bonchev–Trinajstić information content (AvgIpc) is 3.50. The van der Waals surface area contributed by atoms with Crippen LogP contribution in [0.2, 0.25) is 0 Å². The van der Waals surface area contributed by atoms with Crippen LogP contribution in [0.4, 0.5) is 10.1 Å². The average molecular weight is 432 g/mol. The number of aromatic nitrogens is 1. The van der Waals surface area contributed by atoms with E-state index in [1.54, 1.807) is 6.07 Å². The van der Waals surface area contributed by atoms with Crippen LogP contribution in [0.25, 0.3) is 0 Å². The molecule has 0 unspecified atom stereocenters. The van der Waals surface area contributed by atoms with Gasteiger partial charge in [0.2, 0.25) is 0 Å². The molecule has 0 radical (unpaired) electrons. The number of amidine groups is 1. The van der Waals surface area contributed by atoms with Crippen LogP contribution in [0, 0.1) is 5.82 Å². The van der Waals surface area contributed by atoms with Gasteiger partial charge in [0.1, 0.15) is 33.4 Å². The molecule has 3 N–H and O–H groups in total. The third kappa shape index (κ3) is 3.20. The first kappa shape index (κ1) is 20.3. The van der Waals surface area contributed by atoms with Gasteiger partial charge in [0.05, 0.1) is 19.1 Å². The summed E-state index contributed by atoms with van der Waals surface area (Å²) in [4.78, 5) is 20.9. The van der Waals surface area contributed by atoms with Crippen molar-refractivity contribution in [2.75, 3.05) is 18.2 Å². The highest BCUT2D eigenvalue weighted by molar-refractivity contribution is 7.94. The Balaban J connectivity index is 1.65. The van der Waals surface area contributed by atoms with E-state index in [-0.39, 0.29) is 28.5 Å². The van der Waals surface area contributed by atoms with E-state index in [0.717, 1.165) is 6.07 Å². The number of sulfone groups is 1. The summed E-state index contributed by atoms with van der Waals surface area (Å²) in [7, 11) is -2.10. The lowest BCUT2D eigenvalue weighted by molar-refractivity contribution is 0.102. The SMILES string of the molecule is COc1ccc(C(=O)Nc2ccc(F)c([C@]3(C)CS(=O)(=O)C4(CC4)C(N)=N3)c2)nc1. The number of methoxy groups -OCH3 is 1. The fraction of sp³-hybridized carbons (Fsp3) is 0.350. The fourth-order valence-corrected chi connectivity index (χ4v) is 6.06. The van der Waals surface area contributed by atoms with Crippen LogP contribution < -0.4 is 15.8 Å². The van der Waals surface area contributed by atoms with Crippen LogP contribution in [0.5, 0.6) is 5.75 Å². The summed E-state index contributed by atoms with van der Waals surface area (Å²) >= 11 is 0. The second-order valence-electron chi connectivity index (χ2n) is 7.76. The van der Waals surface area contributed by atoms with Gasteiger partial charge < -0.3 is 15.8 Å². The smallest absolute Gasteiger partial charge is 0.274 e. The first-order chi connectivity index (χ1) is 14.1. The number of carbonyl (C=O) groups excluding carboxylic acids is 1. The van der Waals surface area contributed by atoms with E-state index in [0.29, 0.717) is 18.6 Å². The second kappa shape index (κ2) is 6.76. The summed E-state index contributed by atoms with van der Waals surface area (Å²) in [5, 5.41) is 2.64. The van der Waals surface area contributed by atoms with Crippen LogP contribution in [-0.4, -0.2) is 42.8 Å². The lowest BCUT2D eigenvalue weighted by Gasteiger charge is -2.34. The molecule has 1 aromatic heterocycles. The first-order valence-electron chi connectivity index (χ1n) is 9.30. The van der Waals surface area contributed by atoms with Crippen molar-refractivity contribution in [3.63, 3.8) is 0 Å². The molecule has 2 aliphatic rings. The van der Waals surface area contributed by atoms with E-state index in [1.165, 1.54) is 38.4 Å². The molecule has 1 aliphatic carbocycles. The predicted octanol–water partition coefficient (Wildman–Crippen LogP) is 2.01. The molecule has 1 fully saturated rings. The number of hydrogen-bond acceptors (Lipinski definition) is 7. The Morgan fingerprint density at radius 2 is 2.00 bits per heavy atom. The number of halogens is 1. The van der Waals surface area contributed by atoms with Crippen LogP contribution in [0.15, 0.2) is 41.5 Å². The Bertz CT molecular complexity index is 1160. The Morgan fingerprint density at radius 3 is 2.57 bits per heavy atom. The molecule has 10 heteroatoms. The van der Waals surface area contributed by atoms with E-state index in [4.69, 9.17) is 10.5 Å². The number of hydrogen-bond donors (Lipinski definition) is 2. The molecule has 2 heterocycles. The number of ether oxygens (including phenoxy) is 1. The molecular formula is C20H21FN4O4S. The molecule has 4 rings (SSSR count). The number of nitrogens with zero attached hydrogens (tertiary/aromatic N) is 2. The third-order valence-electron chi connectivity index (χ3n) is 5.61. The van der Waals surface area contributed by atoms with E-state index in [2.05, 4.69) is 15.3 Å². The second-order valence-corrected chi connectivity index (χ2v) is 10.1. The van der Waals surface area contributed by atoms with Gasteiger partial charge in [0.15, 0.2) is 9.84 Å². The van der Waals surface area contributed by atoms with Crippen LogP contribution >= 0.6 is 0 Å². The largest absolute Gasteiger partial charge is 0.495 e. The van der Waals surface area contributed by atoms with Gasteiger partial charge in [-0.25, -0.2) is 17.8 Å². The van der Waals surface area contributed by atoms with Gasteiger partial charge in [-0.1, -0.05) is 0 Å². The summed E-state index contributed by atoms with van der Waals surface area (Å²) in [5.74, 6) is -0.957. The van der Waals surface area contributed by atoms with Crippen LogP contribution in [0.1, 0.15) is 35.8 Å². The molecule has 1 aromatic carbocycles. The zero-order chi connectivity index (χ0) is 21.7. The van der Waals surface area contributed by atoms with Gasteiger partial charge in [-0.15, -0.1) is 0 Å². The van der Waals surface area contributed by atoms with E-state index in [1.807, 2.05) is 0 Å². The number of carbonyl (C=O) groups is 1. The Kier molecular flexibility index (Phi) is 4.57. The van der Waals surface area contributed by atoms with Crippen molar-refractivity contribution in [3.05, 3.63) is 53.6 Å². The maximum Gasteiger partial charge on any atom is 0.274 e. The number of benzene rings is 1. The molecule has 0 bridgehead atoms. The zero-order valence-corrected chi connectivity index (χ0v) is 17.3. The number of aliphatic imine (C=N–C) groups is 1. The Morgan fingerprint density at radius 1 is 1.27 bits per heavy atom. The lowest BCUT2D eigenvalue weighted by Crippen LogP contribution is -2.50. The van der Waals surface area contributed by atoms with Crippen molar-refractivity contribution in [2.24, 2.45) is 10.7 Å². The highest BCUT2D eigenvalue weighted by atomic mass is 32.2. The van der Waals surface area contributed by atoms with Crippen molar-refractivity contribution in [2.45, 2.75) is 30.1 Å². The predicted molar refractivity (Wildman–Crippen MR) is 110 cm³/mol. The molecule has 1 aliphatic heterocycles. The third-order valence-corrected chi connectivity index (χ3v) is 8.36. The maximum absolute atomic E-state index is 14.7. The molecule has 8 nitrogen and oxygen atoms in total. The zero-order valence-electron chi connectivity index (χ0n) is 16.5. The molecule has 0 saturated heterocycles. The molecule has 1 spiro atoms. The minimum absolute atomic E-state index is 0.0209. The summed E-state index contributed by atoms with van der Waals surface area (Å²) in [5.41, 5.74) is 5.08. The molecule has 158 valence electrons. The van der Waals surface area contributed by atoms with Gasteiger partial charge >= 0.3 is 0 Å². The van der Waals surface area contributed by atoms with Crippen molar-refractivity contribution in [3.8, 4) is 5.75 Å². The Hall–Kier alpha value is -3.01. The number of anilines is 1. The first-order valence-corrected chi connectivity index (χ1v) is 10.9. The minimum Gasteiger partial charge on any atom is -0.495 e. The topological polar surface area (TPSA) is 124 Å². The fourth-order valence-electron chi connectivity index (χ4n) is 3.73. The van der Waals surface area contributed by atoms with Gasteiger partial charge in [-0.2, -0.15) is 0 Å². The maximum atomic E-state index is 14.7. The monoisotopic (exact) mass is 432 g/mol. The highest BCUT2D eigenvalue weighted by Gasteiger charge is 2.62. The lowest BCUT2D eigenvalue weighted by atomic mass is 9.93. The minimum atomic E-state index is -3.59. The van der Waals surface area contributed by atoms with Gasteiger partial charge in [-0.3, -0.25) is 9.79 Å². The number of nitrogens with two attached hydrogens (primary N) is 1. The van der Waals surface area contributed by atoms with E-state index in [9.17, 15) is 17.6 Å². The normalized spacial score (nSPS) is 23.5. The Labute approximate surface area is 173 Å². The number of amides is 1. The van der Waals surface area contributed by atoms with Crippen LogP contribution in [0.3, 0.4) is 0 Å². The molecular weight excluding hydrogens is 411 g/mol. The van der Waals surface area contributed by atoms with Gasteiger partial charge in [0, 0.05) is 11.3 Å². The van der Waals surface area contributed by atoms with Crippen molar-refractivity contribution >= 4 is 27.3 Å². The number of rotatable bonds is 4. The van der Waals surface area contributed by atoms with Crippen molar-refractivity contribution < 1.29 is 22.3 Å². The number of pyridine rings is 1. The highest BCUT2D eigenvalue weighted by Crippen LogP contribution is 2.50. The summed E-state index contributed by atoms with van der Waals surface area (Å²) in [6, 6.07) is 7.02. The summed E-state index contributed by atoms with van der Waals surface area (Å²) in [6.07, 6.45) is 2.28. The molecule has 2 aromatic rings. The summed E-state index contributed by atoms with van der Waals surface area (Å²) in [6.45, 7) is 1.53.